The Morgan fingerprint density at radius 2 is 2.06 bits per heavy atom. The van der Waals surface area contributed by atoms with E-state index in [2.05, 4.69) is 5.32 Å². The predicted molar refractivity (Wildman–Crippen MR) is 66.9 cm³/mol. The molecule has 0 radical (unpaired) electrons. The number of aryl methyl sites for hydroxylation is 1. The third-order valence-electron chi connectivity index (χ3n) is 3.45. The summed E-state index contributed by atoms with van der Waals surface area (Å²) in [6.45, 7) is 2.01. The zero-order valence-corrected chi connectivity index (χ0v) is 10.3. The van der Waals surface area contributed by atoms with Crippen LogP contribution in [-0.4, -0.2) is 25.2 Å². The minimum Gasteiger partial charge on any atom is -0.490 e. The van der Waals surface area contributed by atoms with E-state index >= 15 is 0 Å². The van der Waals surface area contributed by atoms with E-state index in [1.165, 1.54) is 0 Å². The summed E-state index contributed by atoms with van der Waals surface area (Å²) in [4.78, 5) is 11.3. The van der Waals surface area contributed by atoms with Gasteiger partial charge in [0.2, 0.25) is 0 Å². The number of nitrogens with one attached hydrogen (secondary N) is 1. The fourth-order valence-electron chi connectivity index (χ4n) is 2.43. The topological polar surface area (TPSA) is 47.6 Å². The summed E-state index contributed by atoms with van der Waals surface area (Å²) >= 11 is 0. The molecule has 4 heteroatoms. The van der Waals surface area contributed by atoms with Crippen LogP contribution in [0, 0.1) is 0 Å². The summed E-state index contributed by atoms with van der Waals surface area (Å²) in [5.41, 5.74) is 1.09. The van der Waals surface area contributed by atoms with Gasteiger partial charge < -0.3 is 14.8 Å². The van der Waals surface area contributed by atoms with Gasteiger partial charge in [-0.2, -0.15) is 0 Å². The molecule has 2 aliphatic heterocycles. The maximum Gasteiger partial charge on any atom is 0.311 e. The van der Waals surface area contributed by atoms with E-state index in [1.807, 2.05) is 18.2 Å². The fourth-order valence-corrected chi connectivity index (χ4v) is 2.43. The third kappa shape index (κ3) is 2.48. The maximum absolute atomic E-state index is 11.3. The number of esters is 1. The van der Waals surface area contributed by atoms with Gasteiger partial charge in [-0.25, -0.2) is 0 Å². The Morgan fingerprint density at radius 3 is 2.89 bits per heavy atom. The van der Waals surface area contributed by atoms with Gasteiger partial charge in [0.15, 0.2) is 0 Å². The van der Waals surface area contributed by atoms with Crippen molar-refractivity contribution >= 4 is 5.97 Å². The number of fused-ring (bicyclic) bond motifs is 1. The molecule has 1 aromatic carbocycles. The molecule has 3 rings (SSSR count). The molecule has 2 heterocycles. The SMILES string of the molecule is O=C1CCc2ccc(OC3CCNCC3)cc2O1. The summed E-state index contributed by atoms with van der Waals surface area (Å²) in [5, 5.41) is 3.31. The molecule has 0 aromatic heterocycles. The van der Waals surface area contributed by atoms with Crippen LogP contribution in [0.5, 0.6) is 11.5 Å². The number of hydrogen-bond donors (Lipinski definition) is 1. The Balaban J connectivity index is 1.73. The van der Waals surface area contributed by atoms with Crippen molar-refractivity contribution in [1.82, 2.24) is 5.32 Å². The van der Waals surface area contributed by atoms with Crippen LogP contribution in [0.3, 0.4) is 0 Å². The number of rotatable bonds is 2. The van der Waals surface area contributed by atoms with Crippen LogP contribution in [0.15, 0.2) is 18.2 Å². The van der Waals surface area contributed by atoms with Gasteiger partial charge in [-0.05, 0) is 44.0 Å². The monoisotopic (exact) mass is 247 g/mol. The second kappa shape index (κ2) is 4.98. The average Bonchev–Trinajstić information content (AvgIpc) is 2.39. The van der Waals surface area contributed by atoms with Crippen molar-refractivity contribution in [2.75, 3.05) is 13.1 Å². The van der Waals surface area contributed by atoms with E-state index in [1.54, 1.807) is 0 Å². The first-order valence-corrected chi connectivity index (χ1v) is 6.52. The minimum atomic E-state index is -0.151. The largest absolute Gasteiger partial charge is 0.490 e. The second-order valence-corrected chi connectivity index (χ2v) is 4.81. The van der Waals surface area contributed by atoms with Gasteiger partial charge in [0.1, 0.15) is 17.6 Å². The van der Waals surface area contributed by atoms with E-state index in [-0.39, 0.29) is 12.1 Å². The van der Waals surface area contributed by atoms with Crippen LogP contribution in [-0.2, 0) is 11.2 Å². The number of piperidine rings is 1. The summed E-state index contributed by atoms with van der Waals surface area (Å²) in [6, 6.07) is 5.81. The van der Waals surface area contributed by atoms with Gasteiger partial charge >= 0.3 is 5.97 Å². The molecule has 0 spiro atoms. The van der Waals surface area contributed by atoms with Crippen molar-refractivity contribution in [3.05, 3.63) is 23.8 Å². The smallest absolute Gasteiger partial charge is 0.311 e. The van der Waals surface area contributed by atoms with Crippen LogP contribution >= 0.6 is 0 Å². The second-order valence-electron chi connectivity index (χ2n) is 4.81. The molecule has 2 aliphatic rings. The van der Waals surface area contributed by atoms with Crippen LogP contribution in [0.25, 0.3) is 0 Å². The molecule has 1 N–H and O–H groups in total. The predicted octanol–water partition coefficient (Wildman–Crippen LogP) is 1.67. The molecular weight excluding hydrogens is 230 g/mol. The van der Waals surface area contributed by atoms with Crippen molar-refractivity contribution in [3.8, 4) is 11.5 Å². The van der Waals surface area contributed by atoms with Crippen LogP contribution in [0.4, 0.5) is 0 Å². The molecule has 0 atom stereocenters. The summed E-state index contributed by atoms with van der Waals surface area (Å²) in [7, 11) is 0. The third-order valence-corrected chi connectivity index (χ3v) is 3.45. The van der Waals surface area contributed by atoms with Crippen molar-refractivity contribution in [1.29, 1.82) is 0 Å². The van der Waals surface area contributed by atoms with E-state index < -0.39 is 0 Å². The first kappa shape index (κ1) is 11.5. The van der Waals surface area contributed by atoms with Gasteiger partial charge in [-0.3, -0.25) is 4.79 Å². The molecule has 4 nitrogen and oxygen atoms in total. The Morgan fingerprint density at radius 1 is 1.22 bits per heavy atom. The van der Waals surface area contributed by atoms with Gasteiger partial charge in [-0.1, -0.05) is 6.07 Å². The number of carbonyl (C=O) groups excluding carboxylic acids is 1. The van der Waals surface area contributed by atoms with E-state index in [4.69, 9.17) is 9.47 Å². The lowest BCUT2D eigenvalue weighted by Gasteiger charge is -2.24. The Labute approximate surface area is 106 Å². The highest BCUT2D eigenvalue weighted by atomic mass is 16.5. The molecular formula is C14H17NO3. The van der Waals surface area contributed by atoms with Crippen molar-refractivity contribution in [3.63, 3.8) is 0 Å². The minimum absolute atomic E-state index is 0.151. The van der Waals surface area contributed by atoms with Crippen molar-refractivity contribution < 1.29 is 14.3 Å². The van der Waals surface area contributed by atoms with Crippen molar-refractivity contribution in [2.24, 2.45) is 0 Å². The van der Waals surface area contributed by atoms with Crippen LogP contribution in [0.2, 0.25) is 0 Å². The summed E-state index contributed by atoms with van der Waals surface area (Å²) in [6.07, 6.45) is 3.56. The Kier molecular flexibility index (Phi) is 3.19. The zero-order chi connectivity index (χ0) is 12.4. The molecule has 0 aliphatic carbocycles. The van der Waals surface area contributed by atoms with Crippen LogP contribution in [0.1, 0.15) is 24.8 Å². The molecule has 1 fully saturated rings. The van der Waals surface area contributed by atoms with Crippen molar-refractivity contribution in [2.45, 2.75) is 31.8 Å². The number of benzene rings is 1. The molecule has 18 heavy (non-hydrogen) atoms. The van der Waals surface area contributed by atoms with Gasteiger partial charge in [-0.15, -0.1) is 0 Å². The van der Waals surface area contributed by atoms with E-state index in [9.17, 15) is 4.79 Å². The van der Waals surface area contributed by atoms with E-state index in [0.29, 0.717) is 12.2 Å². The van der Waals surface area contributed by atoms with E-state index in [0.717, 1.165) is 43.7 Å². The molecule has 1 aromatic rings. The highest BCUT2D eigenvalue weighted by molar-refractivity contribution is 5.75. The van der Waals surface area contributed by atoms with Gasteiger partial charge in [0, 0.05) is 6.07 Å². The standard InChI is InChI=1S/C14H17NO3/c16-14-4-2-10-1-3-12(9-13(10)18-14)17-11-5-7-15-8-6-11/h1,3,9,11,15H,2,4-8H2. The lowest BCUT2D eigenvalue weighted by atomic mass is 10.1. The highest BCUT2D eigenvalue weighted by Crippen LogP contribution is 2.30. The Hall–Kier alpha value is -1.55. The lowest BCUT2D eigenvalue weighted by Crippen LogP contribution is -2.34. The van der Waals surface area contributed by atoms with Gasteiger partial charge in [0.05, 0.1) is 6.42 Å². The number of hydrogen-bond acceptors (Lipinski definition) is 4. The van der Waals surface area contributed by atoms with Gasteiger partial charge in [0.25, 0.3) is 0 Å². The molecule has 96 valence electrons. The number of ether oxygens (including phenoxy) is 2. The summed E-state index contributed by atoms with van der Waals surface area (Å²) in [5.74, 6) is 1.31. The molecule has 1 saturated heterocycles. The first-order chi connectivity index (χ1) is 8.81. The summed E-state index contributed by atoms with van der Waals surface area (Å²) < 4.78 is 11.2. The molecule has 0 unspecified atom stereocenters. The highest BCUT2D eigenvalue weighted by Gasteiger charge is 2.19. The average molecular weight is 247 g/mol. The normalized spacial score (nSPS) is 20.1. The fraction of sp³-hybridized carbons (Fsp3) is 0.500. The van der Waals surface area contributed by atoms with Crippen LogP contribution < -0.4 is 14.8 Å². The number of carbonyl (C=O) groups is 1. The molecule has 0 saturated carbocycles. The molecule has 0 bridgehead atoms. The lowest BCUT2D eigenvalue weighted by molar-refractivity contribution is -0.135. The maximum atomic E-state index is 11.3. The Bertz CT molecular complexity index is 452. The zero-order valence-electron chi connectivity index (χ0n) is 10.3. The molecule has 0 amide bonds. The first-order valence-electron chi connectivity index (χ1n) is 6.52. The quantitative estimate of drug-likeness (QED) is 0.638.